The Bertz CT molecular complexity index is 429. The molecule has 0 saturated carbocycles. The van der Waals surface area contributed by atoms with Gasteiger partial charge in [0.1, 0.15) is 12.2 Å². The summed E-state index contributed by atoms with van der Waals surface area (Å²) < 4.78 is 3.69. The topological polar surface area (TPSA) is 60.6 Å². The highest BCUT2D eigenvalue weighted by atomic mass is 15.3. The lowest BCUT2D eigenvalue weighted by Gasteiger charge is -2.01. The van der Waals surface area contributed by atoms with Crippen LogP contribution >= 0.6 is 0 Å². The summed E-state index contributed by atoms with van der Waals surface area (Å²) in [6, 6.07) is 0. The normalized spacial score (nSPS) is 10.8. The minimum Gasteiger partial charge on any atom is -0.320 e. The van der Waals surface area contributed by atoms with Crippen LogP contribution in [-0.4, -0.2) is 24.5 Å². The van der Waals surface area contributed by atoms with Crippen LogP contribution < -0.4 is 5.32 Å². The van der Waals surface area contributed by atoms with Gasteiger partial charge >= 0.3 is 0 Å². The van der Waals surface area contributed by atoms with Gasteiger partial charge in [-0.15, -0.1) is 10.2 Å². The van der Waals surface area contributed by atoms with Crippen molar-refractivity contribution in [2.75, 3.05) is 0 Å². The third-order valence-corrected chi connectivity index (χ3v) is 2.18. The van der Waals surface area contributed by atoms with E-state index in [-0.39, 0.29) is 0 Å². The van der Waals surface area contributed by atoms with Crippen LogP contribution in [0.15, 0.2) is 18.7 Å². The summed E-state index contributed by atoms with van der Waals surface area (Å²) >= 11 is 0. The first-order valence-electron chi connectivity index (χ1n) is 4.77. The van der Waals surface area contributed by atoms with Gasteiger partial charge in [0.2, 0.25) is 0 Å². The van der Waals surface area contributed by atoms with E-state index in [0.717, 1.165) is 12.4 Å². The van der Waals surface area contributed by atoms with Crippen LogP contribution in [0.4, 0.5) is 0 Å². The Hall–Kier alpha value is -1.69. The first kappa shape index (κ1) is 9.85. The van der Waals surface area contributed by atoms with Gasteiger partial charge in [-0.2, -0.15) is 5.10 Å². The highest BCUT2D eigenvalue weighted by Gasteiger charge is 2.00. The molecule has 6 nitrogen and oxygen atoms in total. The zero-order valence-electron chi connectivity index (χ0n) is 8.88. The molecule has 6 heteroatoms. The van der Waals surface area contributed by atoms with E-state index in [4.69, 9.17) is 0 Å². The molecule has 2 heterocycles. The molecular formula is C9H14N6. The van der Waals surface area contributed by atoms with Crippen molar-refractivity contribution in [3.8, 4) is 0 Å². The monoisotopic (exact) mass is 206 g/mol. The van der Waals surface area contributed by atoms with Crippen molar-refractivity contribution in [1.29, 1.82) is 0 Å². The molecule has 0 spiro atoms. The van der Waals surface area contributed by atoms with Crippen molar-refractivity contribution in [1.82, 2.24) is 29.9 Å². The number of nitrogens with zero attached hydrogens (tertiary/aromatic N) is 5. The fraction of sp³-hybridized carbons (Fsp3) is 0.444. The number of hydrogen-bond acceptors (Lipinski definition) is 4. The Morgan fingerprint density at radius 2 is 2.20 bits per heavy atom. The first-order valence-corrected chi connectivity index (χ1v) is 4.77. The van der Waals surface area contributed by atoms with E-state index in [1.54, 1.807) is 11.0 Å². The fourth-order valence-corrected chi connectivity index (χ4v) is 1.35. The summed E-state index contributed by atoms with van der Waals surface area (Å²) in [6.07, 6.45) is 5.54. The minimum absolute atomic E-state index is 0.714. The van der Waals surface area contributed by atoms with E-state index in [0.29, 0.717) is 6.54 Å². The van der Waals surface area contributed by atoms with Gasteiger partial charge in [-0.3, -0.25) is 4.68 Å². The predicted molar refractivity (Wildman–Crippen MR) is 54.8 cm³/mol. The van der Waals surface area contributed by atoms with Gasteiger partial charge in [-0.25, -0.2) is 0 Å². The predicted octanol–water partition coefficient (Wildman–Crippen LogP) is -0.162. The van der Waals surface area contributed by atoms with Crippen LogP contribution in [0.1, 0.15) is 11.4 Å². The Balaban J connectivity index is 1.83. The molecule has 80 valence electrons. The molecule has 0 aliphatic rings. The first-order chi connectivity index (χ1) is 7.25. The quantitative estimate of drug-likeness (QED) is 0.755. The standard InChI is InChI=1S/C9H14N6/c1-14-7-11-13-9(14)5-10-3-8-4-12-15(2)6-8/h4,6-7,10H,3,5H2,1-2H3. The van der Waals surface area contributed by atoms with Crippen LogP contribution in [0.5, 0.6) is 0 Å². The van der Waals surface area contributed by atoms with E-state index in [1.807, 2.05) is 31.1 Å². The zero-order chi connectivity index (χ0) is 10.7. The molecule has 0 fully saturated rings. The molecule has 2 rings (SSSR count). The van der Waals surface area contributed by atoms with Gasteiger partial charge in [0.25, 0.3) is 0 Å². The molecule has 0 aliphatic heterocycles. The van der Waals surface area contributed by atoms with Crippen molar-refractivity contribution in [3.05, 3.63) is 30.1 Å². The number of rotatable bonds is 4. The Labute approximate surface area is 87.9 Å². The van der Waals surface area contributed by atoms with Crippen molar-refractivity contribution >= 4 is 0 Å². The van der Waals surface area contributed by atoms with Crippen LogP contribution in [0.25, 0.3) is 0 Å². The smallest absolute Gasteiger partial charge is 0.146 e. The average Bonchev–Trinajstić information content (AvgIpc) is 2.77. The highest BCUT2D eigenvalue weighted by molar-refractivity contribution is 5.03. The summed E-state index contributed by atoms with van der Waals surface area (Å²) in [6.45, 7) is 1.51. The summed E-state index contributed by atoms with van der Waals surface area (Å²) in [5.74, 6) is 0.930. The number of aryl methyl sites for hydroxylation is 2. The molecule has 0 aliphatic carbocycles. The van der Waals surface area contributed by atoms with Gasteiger partial charge in [-0.1, -0.05) is 0 Å². The second-order valence-corrected chi connectivity index (χ2v) is 3.48. The van der Waals surface area contributed by atoms with Crippen LogP contribution in [0, 0.1) is 0 Å². The minimum atomic E-state index is 0.714. The molecule has 0 bridgehead atoms. The van der Waals surface area contributed by atoms with Gasteiger partial charge in [-0.05, 0) is 0 Å². The van der Waals surface area contributed by atoms with Gasteiger partial charge in [0.05, 0.1) is 12.7 Å². The molecule has 0 radical (unpaired) electrons. The van der Waals surface area contributed by atoms with Gasteiger partial charge in [0, 0.05) is 32.4 Å². The second-order valence-electron chi connectivity index (χ2n) is 3.48. The van der Waals surface area contributed by atoms with E-state index in [2.05, 4.69) is 20.6 Å². The molecule has 15 heavy (non-hydrogen) atoms. The van der Waals surface area contributed by atoms with Crippen molar-refractivity contribution < 1.29 is 0 Å². The zero-order valence-corrected chi connectivity index (χ0v) is 8.88. The number of nitrogens with one attached hydrogen (secondary N) is 1. The third kappa shape index (κ3) is 2.41. The summed E-state index contributed by atoms with van der Waals surface area (Å²) in [5, 5.41) is 15.2. The maximum Gasteiger partial charge on any atom is 0.146 e. The van der Waals surface area contributed by atoms with Crippen molar-refractivity contribution in [3.63, 3.8) is 0 Å². The molecule has 0 saturated heterocycles. The summed E-state index contributed by atoms with van der Waals surface area (Å²) in [4.78, 5) is 0. The average molecular weight is 206 g/mol. The Morgan fingerprint density at radius 3 is 2.80 bits per heavy atom. The molecular weight excluding hydrogens is 192 g/mol. The molecule has 0 unspecified atom stereocenters. The fourth-order valence-electron chi connectivity index (χ4n) is 1.35. The molecule has 1 N–H and O–H groups in total. The second kappa shape index (κ2) is 4.22. The lowest BCUT2D eigenvalue weighted by atomic mass is 10.3. The van der Waals surface area contributed by atoms with E-state index < -0.39 is 0 Å². The maximum atomic E-state index is 4.09. The maximum absolute atomic E-state index is 4.09. The largest absolute Gasteiger partial charge is 0.320 e. The molecule has 2 aromatic rings. The molecule has 0 aromatic carbocycles. The summed E-state index contributed by atoms with van der Waals surface area (Å²) in [5.41, 5.74) is 1.17. The van der Waals surface area contributed by atoms with Crippen LogP contribution in [0.3, 0.4) is 0 Å². The highest BCUT2D eigenvalue weighted by Crippen LogP contribution is 1.96. The lowest BCUT2D eigenvalue weighted by Crippen LogP contribution is -2.15. The van der Waals surface area contributed by atoms with E-state index in [9.17, 15) is 0 Å². The summed E-state index contributed by atoms with van der Waals surface area (Å²) in [7, 11) is 3.84. The van der Waals surface area contributed by atoms with E-state index in [1.165, 1.54) is 5.56 Å². The number of aromatic nitrogens is 5. The van der Waals surface area contributed by atoms with Crippen LogP contribution in [-0.2, 0) is 27.2 Å². The third-order valence-electron chi connectivity index (χ3n) is 2.18. The van der Waals surface area contributed by atoms with Crippen molar-refractivity contribution in [2.45, 2.75) is 13.1 Å². The van der Waals surface area contributed by atoms with Gasteiger partial charge < -0.3 is 9.88 Å². The Kier molecular flexibility index (Phi) is 2.77. The SMILES string of the molecule is Cn1cc(CNCc2nncn2C)cn1. The molecule has 0 amide bonds. The van der Waals surface area contributed by atoms with E-state index >= 15 is 0 Å². The van der Waals surface area contributed by atoms with Crippen molar-refractivity contribution in [2.24, 2.45) is 14.1 Å². The van der Waals surface area contributed by atoms with Crippen LogP contribution in [0.2, 0.25) is 0 Å². The number of hydrogen-bond donors (Lipinski definition) is 1. The van der Waals surface area contributed by atoms with Gasteiger partial charge in [0.15, 0.2) is 0 Å². The lowest BCUT2D eigenvalue weighted by molar-refractivity contribution is 0.636. The Morgan fingerprint density at radius 1 is 1.33 bits per heavy atom. The molecule has 2 aromatic heterocycles. The molecule has 0 atom stereocenters.